The van der Waals surface area contributed by atoms with Crippen LogP contribution < -0.4 is 14.8 Å². The van der Waals surface area contributed by atoms with Gasteiger partial charge in [-0.2, -0.15) is 0 Å². The van der Waals surface area contributed by atoms with Crippen molar-refractivity contribution in [3.8, 4) is 11.5 Å². The van der Waals surface area contributed by atoms with Crippen LogP contribution in [0.25, 0.3) is 0 Å². The molecule has 76 valence electrons. The molecule has 0 saturated heterocycles. The summed E-state index contributed by atoms with van der Waals surface area (Å²) in [6, 6.07) is 7.53. The zero-order valence-corrected chi connectivity index (χ0v) is 8.54. The number of methoxy groups -OCH3 is 1. The van der Waals surface area contributed by atoms with Gasteiger partial charge in [0.25, 0.3) is 0 Å². The lowest BCUT2D eigenvalue weighted by Gasteiger charge is -2.11. The third kappa shape index (κ3) is 2.69. The average molecular weight is 193 g/mol. The van der Waals surface area contributed by atoms with E-state index in [1.165, 1.54) is 0 Å². The number of likely N-dealkylation sites (N-methyl/N-ethyl adjacent to an activating group) is 1. The summed E-state index contributed by atoms with van der Waals surface area (Å²) < 4.78 is 10.6. The highest BCUT2D eigenvalue weighted by Gasteiger charge is 2.01. The minimum atomic E-state index is 0.441. The van der Waals surface area contributed by atoms with Crippen LogP contribution in [0.1, 0.15) is 0 Å². The van der Waals surface area contributed by atoms with Crippen LogP contribution in [0.15, 0.2) is 36.5 Å². The highest BCUT2D eigenvalue weighted by Crippen LogP contribution is 2.25. The Bertz CT molecular complexity index is 310. The molecule has 0 aliphatic carbocycles. The van der Waals surface area contributed by atoms with Gasteiger partial charge in [-0.25, -0.2) is 0 Å². The smallest absolute Gasteiger partial charge is 0.161 e. The second-order valence-corrected chi connectivity index (χ2v) is 2.79. The van der Waals surface area contributed by atoms with Gasteiger partial charge in [0.15, 0.2) is 11.5 Å². The summed E-state index contributed by atoms with van der Waals surface area (Å²) in [6.45, 7) is 4.21. The molecule has 1 aromatic rings. The molecular weight excluding hydrogens is 178 g/mol. The average Bonchev–Trinajstić information content (AvgIpc) is 2.26. The van der Waals surface area contributed by atoms with Gasteiger partial charge in [-0.15, -0.1) is 0 Å². The first-order valence-corrected chi connectivity index (χ1v) is 4.39. The van der Waals surface area contributed by atoms with Crippen LogP contribution in [0.4, 0.5) is 0 Å². The molecule has 1 aromatic carbocycles. The van der Waals surface area contributed by atoms with Crippen LogP contribution in [0.2, 0.25) is 0 Å². The van der Waals surface area contributed by atoms with Gasteiger partial charge in [-0.05, 0) is 12.1 Å². The molecule has 0 spiro atoms. The third-order valence-electron chi connectivity index (χ3n) is 1.82. The van der Waals surface area contributed by atoms with Crippen LogP contribution in [0.3, 0.4) is 0 Å². The SMILES string of the molecule is C=C(COc1ccccc1OC)NC. The third-order valence-corrected chi connectivity index (χ3v) is 1.82. The van der Waals surface area contributed by atoms with E-state index in [1.807, 2.05) is 31.3 Å². The molecule has 0 saturated carbocycles. The van der Waals surface area contributed by atoms with Crippen molar-refractivity contribution in [3.05, 3.63) is 36.5 Å². The van der Waals surface area contributed by atoms with Crippen LogP contribution in [0.5, 0.6) is 11.5 Å². The normalized spacial score (nSPS) is 9.29. The Morgan fingerprint density at radius 1 is 1.36 bits per heavy atom. The predicted molar refractivity (Wildman–Crippen MR) is 56.7 cm³/mol. The van der Waals surface area contributed by atoms with Gasteiger partial charge in [0.05, 0.1) is 7.11 Å². The van der Waals surface area contributed by atoms with E-state index in [2.05, 4.69) is 11.9 Å². The Labute approximate surface area is 84.3 Å². The zero-order chi connectivity index (χ0) is 10.4. The Hall–Kier alpha value is -1.64. The maximum absolute atomic E-state index is 5.49. The van der Waals surface area contributed by atoms with Gasteiger partial charge in [-0.1, -0.05) is 18.7 Å². The molecule has 0 heterocycles. The van der Waals surface area contributed by atoms with Gasteiger partial charge in [0.2, 0.25) is 0 Å². The van der Waals surface area contributed by atoms with Gasteiger partial charge < -0.3 is 14.8 Å². The van der Waals surface area contributed by atoms with E-state index in [1.54, 1.807) is 7.11 Å². The molecular formula is C11H15NO2. The van der Waals surface area contributed by atoms with Crippen LogP contribution >= 0.6 is 0 Å². The maximum Gasteiger partial charge on any atom is 0.161 e. The first kappa shape index (κ1) is 10.4. The Morgan fingerprint density at radius 2 is 2.00 bits per heavy atom. The van der Waals surface area contributed by atoms with E-state index >= 15 is 0 Å². The summed E-state index contributed by atoms with van der Waals surface area (Å²) in [4.78, 5) is 0. The minimum Gasteiger partial charge on any atom is -0.493 e. The molecule has 0 aliphatic heterocycles. The second-order valence-electron chi connectivity index (χ2n) is 2.79. The molecule has 0 amide bonds. The Balaban J connectivity index is 2.61. The second kappa shape index (κ2) is 5.17. The zero-order valence-electron chi connectivity index (χ0n) is 8.54. The summed E-state index contributed by atoms with van der Waals surface area (Å²) in [5, 5.41) is 2.91. The number of nitrogens with one attached hydrogen (secondary N) is 1. The lowest BCUT2D eigenvalue weighted by Crippen LogP contribution is -2.12. The van der Waals surface area contributed by atoms with Crippen molar-refractivity contribution in [2.45, 2.75) is 0 Å². The largest absolute Gasteiger partial charge is 0.493 e. The van der Waals surface area contributed by atoms with Gasteiger partial charge in [0, 0.05) is 12.7 Å². The molecule has 0 aromatic heterocycles. The van der Waals surface area contributed by atoms with E-state index in [4.69, 9.17) is 9.47 Å². The maximum atomic E-state index is 5.49. The summed E-state index contributed by atoms with van der Waals surface area (Å²) >= 11 is 0. The quantitative estimate of drug-likeness (QED) is 0.773. The minimum absolute atomic E-state index is 0.441. The topological polar surface area (TPSA) is 30.5 Å². The predicted octanol–water partition coefficient (Wildman–Crippen LogP) is 1.81. The van der Waals surface area contributed by atoms with E-state index in [0.717, 1.165) is 17.2 Å². The summed E-state index contributed by atoms with van der Waals surface area (Å²) in [5.41, 5.74) is 0.830. The number of hydrogen-bond donors (Lipinski definition) is 1. The monoisotopic (exact) mass is 193 g/mol. The van der Waals surface area contributed by atoms with E-state index in [-0.39, 0.29) is 0 Å². The fourth-order valence-corrected chi connectivity index (χ4v) is 0.975. The van der Waals surface area contributed by atoms with Crippen LogP contribution in [-0.4, -0.2) is 20.8 Å². The highest BCUT2D eigenvalue weighted by molar-refractivity contribution is 5.39. The molecule has 0 atom stereocenters. The lowest BCUT2D eigenvalue weighted by molar-refractivity contribution is 0.315. The number of para-hydroxylation sites is 2. The van der Waals surface area contributed by atoms with E-state index in [0.29, 0.717) is 6.61 Å². The number of hydrogen-bond acceptors (Lipinski definition) is 3. The first-order chi connectivity index (χ1) is 6.77. The number of rotatable bonds is 5. The Kier molecular flexibility index (Phi) is 3.85. The molecule has 3 nitrogen and oxygen atoms in total. The van der Waals surface area contributed by atoms with Crippen molar-refractivity contribution in [3.63, 3.8) is 0 Å². The lowest BCUT2D eigenvalue weighted by atomic mass is 10.3. The standard InChI is InChI=1S/C11H15NO2/c1-9(12-2)8-14-11-7-5-4-6-10(11)13-3/h4-7,12H,1,8H2,2-3H3. The molecule has 0 unspecified atom stereocenters. The Morgan fingerprint density at radius 3 is 2.57 bits per heavy atom. The van der Waals surface area contributed by atoms with E-state index < -0.39 is 0 Å². The summed E-state index contributed by atoms with van der Waals surface area (Å²) in [6.07, 6.45) is 0. The van der Waals surface area contributed by atoms with Gasteiger partial charge in [-0.3, -0.25) is 0 Å². The number of benzene rings is 1. The molecule has 1 N–H and O–H groups in total. The number of ether oxygens (including phenoxy) is 2. The van der Waals surface area contributed by atoms with Crippen molar-refractivity contribution in [1.82, 2.24) is 5.32 Å². The first-order valence-electron chi connectivity index (χ1n) is 4.39. The van der Waals surface area contributed by atoms with Gasteiger partial charge >= 0.3 is 0 Å². The molecule has 0 radical (unpaired) electrons. The molecule has 0 aliphatic rings. The highest BCUT2D eigenvalue weighted by atomic mass is 16.5. The summed E-state index contributed by atoms with van der Waals surface area (Å²) in [5.74, 6) is 1.46. The van der Waals surface area contributed by atoms with Crippen molar-refractivity contribution < 1.29 is 9.47 Å². The van der Waals surface area contributed by atoms with Crippen molar-refractivity contribution in [2.75, 3.05) is 20.8 Å². The van der Waals surface area contributed by atoms with Crippen molar-refractivity contribution >= 4 is 0 Å². The molecule has 1 rings (SSSR count). The molecule has 3 heteroatoms. The van der Waals surface area contributed by atoms with Gasteiger partial charge in [0.1, 0.15) is 6.61 Å². The molecule has 14 heavy (non-hydrogen) atoms. The van der Waals surface area contributed by atoms with Crippen molar-refractivity contribution in [1.29, 1.82) is 0 Å². The molecule has 0 fully saturated rings. The molecule has 0 bridgehead atoms. The van der Waals surface area contributed by atoms with Crippen LogP contribution in [-0.2, 0) is 0 Å². The fraction of sp³-hybridized carbons (Fsp3) is 0.273. The van der Waals surface area contributed by atoms with E-state index in [9.17, 15) is 0 Å². The summed E-state index contributed by atoms with van der Waals surface area (Å²) in [7, 11) is 3.43. The van der Waals surface area contributed by atoms with Crippen LogP contribution in [0, 0.1) is 0 Å². The fourth-order valence-electron chi connectivity index (χ4n) is 0.975. The van der Waals surface area contributed by atoms with Crippen molar-refractivity contribution in [2.24, 2.45) is 0 Å².